The third-order valence-electron chi connectivity index (χ3n) is 3.86. The Bertz CT molecular complexity index is 960. The van der Waals surface area contributed by atoms with E-state index in [-0.39, 0.29) is 23.4 Å². The molecule has 1 N–H and O–H groups in total. The SMILES string of the molecule is N#Cc1c(CCC(F)(F)F)nc2ccc(O)cc2c1-c1ccccc1. The molecule has 0 saturated carbocycles. The molecule has 1 heterocycles. The van der Waals surface area contributed by atoms with Crippen molar-refractivity contribution in [3.8, 4) is 22.9 Å². The van der Waals surface area contributed by atoms with E-state index in [2.05, 4.69) is 4.98 Å². The molecule has 0 bridgehead atoms. The van der Waals surface area contributed by atoms with Gasteiger partial charge in [-0.1, -0.05) is 30.3 Å². The number of alkyl halides is 3. The molecule has 0 radical (unpaired) electrons. The van der Waals surface area contributed by atoms with Crippen molar-refractivity contribution < 1.29 is 18.3 Å². The second-order valence-corrected chi connectivity index (χ2v) is 5.60. The minimum absolute atomic E-state index is 0.00147. The maximum absolute atomic E-state index is 12.6. The largest absolute Gasteiger partial charge is 0.508 e. The Hall–Kier alpha value is -3.07. The molecule has 1 aromatic heterocycles. The predicted octanol–water partition coefficient (Wildman–Crippen LogP) is 4.97. The molecular weight excluding hydrogens is 329 g/mol. The number of phenolic OH excluding ortho intramolecular Hbond substituents is 1. The molecule has 3 nitrogen and oxygen atoms in total. The molecule has 0 aliphatic heterocycles. The Morgan fingerprint density at radius 2 is 1.80 bits per heavy atom. The van der Waals surface area contributed by atoms with Gasteiger partial charge in [0.2, 0.25) is 0 Å². The van der Waals surface area contributed by atoms with E-state index >= 15 is 0 Å². The summed E-state index contributed by atoms with van der Waals surface area (Å²) >= 11 is 0. The number of benzene rings is 2. The Kier molecular flexibility index (Phi) is 4.32. The van der Waals surface area contributed by atoms with Gasteiger partial charge in [-0.3, -0.25) is 4.98 Å². The number of pyridine rings is 1. The second-order valence-electron chi connectivity index (χ2n) is 5.60. The Morgan fingerprint density at radius 1 is 1.08 bits per heavy atom. The quantitative estimate of drug-likeness (QED) is 0.731. The lowest BCUT2D eigenvalue weighted by molar-refractivity contribution is -0.134. The highest BCUT2D eigenvalue weighted by Crippen LogP contribution is 2.35. The summed E-state index contributed by atoms with van der Waals surface area (Å²) in [6.07, 6.45) is -5.75. The van der Waals surface area contributed by atoms with Gasteiger partial charge in [0, 0.05) is 17.4 Å². The topological polar surface area (TPSA) is 56.9 Å². The average Bonchev–Trinajstić information content (AvgIpc) is 2.58. The van der Waals surface area contributed by atoms with Crippen LogP contribution in [-0.2, 0) is 6.42 Å². The first kappa shape index (κ1) is 16.8. The van der Waals surface area contributed by atoms with Gasteiger partial charge in [-0.2, -0.15) is 18.4 Å². The van der Waals surface area contributed by atoms with Crippen LogP contribution in [0.15, 0.2) is 48.5 Å². The molecule has 0 fully saturated rings. The fourth-order valence-corrected chi connectivity index (χ4v) is 2.77. The summed E-state index contributed by atoms with van der Waals surface area (Å²) in [5.74, 6) is -0.00147. The highest BCUT2D eigenvalue weighted by molar-refractivity contribution is 5.98. The third-order valence-corrected chi connectivity index (χ3v) is 3.86. The van der Waals surface area contributed by atoms with Crippen molar-refractivity contribution in [2.24, 2.45) is 0 Å². The number of fused-ring (bicyclic) bond motifs is 1. The molecular formula is C19H13F3N2O. The summed E-state index contributed by atoms with van der Waals surface area (Å²) in [6.45, 7) is 0. The number of nitriles is 1. The normalized spacial score (nSPS) is 11.4. The first-order chi connectivity index (χ1) is 11.9. The number of hydrogen-bond acceptors (Lipinski definition) is 3. The molecule has 0 amide bonds. The molecule has 0 aliphatic carbocycles. The summed E-state index contributed by atoms with van der Waals surface area (Å²) in [7, 11) is 0. The molecule has 3 rings (SSSR count). The number of hydrogen-bond donors (Lipinski definition) is 1. The summed E-state index contributed by atoms with van der Waals surface area (Å²) < 4.78 is 37.9. The average molecular weight is 342 g/mol. The van der Waals surface area contributed by atoms with Gasteiger partial charge in [-0.25, -0.2) is 0 Å². The summed E-state index contributed by atoms with van der Waals surface area (Å²) in [6, 6.07) is 15.3. The number of aromatic nitrogens is 1. The zero-order valence-electron chi connectivity index (χ0n) is 13.0. The van der Waals surface area contributed by atoms with Crippen LogP contribution >= 0.6 is 0 Å². The van der Waals surface area contributed by atoms with Crippen molar-refractivity contribution in [2.45, 2.75) is 19.0 Å². The smallest absolute Gasteiger partial charge is 0.389 e. The number of nitrogens with zero attached hydrogens (tertiary/aromatic N) is 2. The van der Waals surface area contributed by atoms with E-state index in [4.69, 9.17) is 0 Å². The van der Waals surface area contributed by atoms with E-state index in [1.54, 1.807) is 30.3 Å². The van der Waals surface area contributed by atoms with Crippen LogP contribution in [0.3, 0.4) is 0 Å². The van der Waals surface area contributed by atoms with Gasteiger partial charge in [0.05, 0.1) is 16.8 Å². The maximum atomic E-state index is 12.6. The summed E-state index contributed by atoms with van der Waals surface area (Å²) in [5, 5.41) is 19.9. The molecule has 126 valence electrons. The van der Waals surface area contributed by atoms with E-state index in [0.717, 1.165) is 0 Å². The molecule has 0 spiro atoms. The lowest BCUT2D eigenvalue weighted by Crippen LogP contribution is -2.10. The van der Waals surface area contributed by atoms with Crippen LogP contribution in [0.5, 0.6) is 5.75 Å². The minimum Gasteiger partial charge on any atom is -0.508 e. The minimum atomic E-state index is -4.33. The fraction of sp³-hybridized carbons (Fsp3) is 0.158. The third kappa shape index (κ3) is 3.56. The van der Waals surface area contributed by atoms with Gasteiger partial charge in [0.1, 0.15) is 11.8 Å². The van der Waals surface area contributed by atoms with Gasteiger partial charge in [0.25, 0.3) is 0 Å². The molecule has 3 aromatic rings. The van der Waals surface area contributed by atoms with Crippen molar-refractivity contribution in [1.29, 1.82) is 5.26 Å². The van der Waals surface area contributed by atoms with Crippen LogP contribution in [0.4, 0.5) is 13.2 Å². The molecule has 0 aliphatic rings. The van der Waals surface area contributed by atoms with Crippen LogP contribution in [0.2, 0.25) is 0 Å². The standard InChI is InChI=1S/C19H13F3N2O/c20-19(21,22)9-8-17-15(11-23)18(12-4-2-1-3-5-12)14-10-13(25)6-7-16(14)24-17/h1-7,10,25H,8-9H2. The number of phenols is 1. The van der Waals surface area contributed by atoms with Gasteiger partial charge in [0.15, 0.2) is 0 Å². The van der Waals surface area contributed by atoms with E-state index in [1.165, 1.54) is 18.2 Å². The lowest BCUT2D eigenvalue weighted by Gasteiger charge is -2.14. The first-order valence-corrected chi connectivity index (χ1v) is 7.57. The number of aryl methyl sites for hydroxylation is 1. The highest BCUT2D eigenvalue weighted by Gasteiger charge is 2.28. The Balaban J connectivity index is 2.29. The van der Waals surface area contributed by atoms with E-state index in [0.29, 0.717) is 22.0 Å². The molecule has 0 saturated heterocycles. The molecule has 2 aromatic carbocycles. The van der Waals surface area contributed by atoms with Gasteiger partial charge >= 0.3 is 6.18 Å². The maximum Gasteiger partial charge on any atom is 0.389 e. The lowest BCUT2D eigenvalue weighted by atomic mass is 9.93. The molecule has 25 heavy (non-hydrogen) atoms. The van der Waals surface area contributed by atoms with Crippen LogP contribution in [0.1, 0.15) is 17.7 Å². The van der Waals surface area contributed by atoms with Crippen LogP contribution in [0.25, 0.3) is 22.0 Å². The summed E-state index contributed by atoms with van der Waals surface area (Å²) in [4.78, 5) is 4.24. The van der Waals surface area contributed by atoms with Crippen LogP contribution < -0.4 is 0 Å². The van der Waals surface area contributed by atoms with Crippen molar-refractivity contribution in [3.05, 3.63) is 59.8 Å². The fourth-order valence-electron chi connectivity index (χ4n) is 2.77. The van der Waals surface area contributed by atoms with Crippen molar-refractivity contribution in [1.82, 2.24) is 4.98 Å². The van der Waals surface area contributed by atoms with Crippen LogP contribution in [-0.4, -0.2) is 16.3 Å². The molecule has 0 unspecified atom stereocenters. The van der Waals surface area contributed by atoms with E-state index in [1.807, 2.05) is 6.07 Å². The summed E-state index contributed by atoms with van der Waals surface area (Å²) in [5.41, 5.74) is 1.82. The number of halogens is 3. The monoisotopic (exact) mass is 342 g/mol. The van der Waals surface area contributed by atoms with Crippen molar-refractivity contribution >= 4 is 10.9 Å². The Morgan fingerprint density at radius 3 is 2.44 bits per heavy atom. The molecule has 6 heteroatoms. The van der Waals surface area contributed by atoms with E-state index < -0.39 is 12.6 Å². The van der Waals surface area contributed by atoms with Crippen LogP contribution in [0, 0.1) is 11.3 Å². The highest BCUT2D eigenvalue weighted by atomic mass is 19.4. The van der Waals surface area contributed by atoms with Crippen molar-refractivity contribution in [3.63, 3.8) is 0 Å². The molecule has 0 atom stereocenters. The van der Waals surface area contributed by atoms with Gasteiger partial charge in [-0.05, 0) is 30.2 Å². The van der Waals surface area contributed by atoms with Crippen molar-refractivity contribution in [2.75, 3.05) is 0 Å². The zero-order valence-corrected chi connectivity index (χ0v) is 13.0. The first-order valence-electron chi connectivity index (χ1n) is 7.57. The zero-order chi connectivity index (χ0) is 18.0. The second kappa shape index (κ2) is 6.44. The number of rotatable bonds is 3. The number of aromatic hydroxyl groups is 1. The van der Waals surface area contributed by atoms with Gasteiger partial charge < -0.3 is 5.11 Å². The van der Waals surface area contributed by atoms with Gasteiger partial charge in [-0.15, -0.1) is 0 Å². The predicted molar refractivity (Wildman–Crippen MR) is 87.9 cm³/mol. The Labute approximate surface area is 142 Å². The van der Waals surface area contributed by atoms with E-state index in [9.17, 15) is 23.5 Å².